The molecule has 2 N–H and O–H groups in total. The molecule has 0 aromatic heterocycles. The van der Waals surface area contributed by atoms with Crippen molar-refractivity contribution in [3.05, 3.63) is 107 Å². The van der Waals surface area contributed by atoms with Crippen LogP contribution in [0, 0.1) is 11.7 Å². The number of hydrogen-bond donors (Lipinski definition) is 1. The van der Waals surface area contributed by atoms with Crippen molar-refractivity contribution in [2.24, 2.45) is 11.7 Å². The Morgan fingerprint density at radius 3 is 1.82 bits per heavy atom. The molecule has 2 aliphatic rings. The molecular weight excluding hydrogens is 487 g/mol. The topological polar surface area (TPSA) is 52.8 Å². The largest absolute Gasteiger partial charge is 0.339 e. The first-order chi connectivity index (χ1) is 18.8. The standard InChI is InChI=1S/C33H41FN4O/c1-33(35,30(25-9-5-3-6-10-25)26-11-7-4-8-12-26)32(39)38-23-21-37(22-24-38)31(27-13-15-29(34)16-14-27)28-17-19-36(2)20-18-28/h3-16,28,30-31H,17-24,35H2,1-2H3. The first kappa shape index (κ1) is 27.5. The van der Waals surface area contributed by atoms with Crippen LogP contribution in [0.25, 0.3) is 0 Å². The highest BCUT2D eigenvalue weighted by Crippen LogP contribution is 2.38. The van der Waals surface area contributed by atoms with E-state index in [1.54, 1.807) is 12.1 Å². The lowest BCUT2D eigenvalue weighted by Crippen LogP contribution is -2.61. The molecule has 5 rings (SSSR count). The number of likely N-dealkylation sites (tertiary alicyclic amines) is 1. The molecule has 3 aromatic carbocycles. The molecule has 2 atom stereocenters. The monoisotopic (exact) mass is 528 g/mol. The summed E-state index contributed by atoms with van der Waals surface area (Å²) in [4.78, 5) is 20.9. The van der Waals surface area contributed by atoms with Crippen LogP contribution in [0.5, 0.6) is 0 Å². The van der Waals surface area contributed by atoms with E-state index in [0.29, 0.717) is 19.0 Å². The molecule has 5 nitrogen and oxygen atoms in total. The Kier molecular flexibility index (Phi) is 8.46. The predicted octanol–water partition coefficient (Wildman–Crippen LogP) is 4.90. The number of benzene rings is 3. The fraction of sp³-hybridized carbons (Fsp3) is 0.424. The van der Waals surface area contributed by atoms with Gasteiger partial charge < -0.3 is 15.5 Å². The van der Waals surface area contributed by atoms with Crippen LogP contribution in [0.3, 0.4) is 0 Å². The Balaban J connectivity index is 1.34. The molecule has 6 heteroatoms. The maximum atomic E-state index is 14.1. The maximum Gasteiger partial charge on any atom is 0.243 e. The number of hydrogen-bond acceptors (Lipinski definition) is 4. The van der Waals surface area contributed by atoms with Crippen molar-refractivity contribution in [3.8, 4) is 0 Å². The minimum Gasteiger partial charge on any atom is -0.339 e. The van der Waals surface area contributed by atoms with Gasteiger partial charge >= 0.3 is 0 Å². The van der Waals surface area contributed by atoms with E-state index < -0.39 is 5.54 Å². The van der Waals surface area contributed by atoms with Gasteiger partial charge in [0.2, 0.25) is 5.91 Å². The van der Waals surface area contributed by atoms with Crippen LogP contribution in [0.1, 0.15) is 48.4 Å². The number of piperidine rings is 1. The van der Waals surface area contributed by atoms with Crippen LogP contribution in [0.4, 0.5) is 4.39 Å². The number of nitrogens with zero attached hydrogens (tertiary/aromatic N) is 3. The van der Waals surface area contributed by atoms with Gasteiger partial charge in [0.1, 0.15) is 11.4 Å². The molecule has 2 fully saturated rings. The number of halogens is 1. The van der Waals surface area contributed by atoms with Crippen molar-refractivity contribution in [2.45, 2.75) is 37.3 Å². The zero-order valence-corrected chi connectivity index (χ0v) is 23.2. The number of nitrogens with two attached hydrogens (primary N) is 1. The van der Waals surface area contributed by atoms with Crippen LogP contribution in [-0.2, 0) is 4.79 Å². The van der Waals surface area contributed by atoms with E-state index in [1.165, 1.54) is 5.56 Å². The molecule has 2 unspecified atom stereocenters. The van der Waals surface area contributed by atoms with Crippen LogP contribution < -0.4 is 5.73 Å². The van der Waals surface area contributed by atoms with Crippen LogP contribution in [-0.4, -0.2) is 72.5 Å². The molecule has 2 heterocycles. The molecule has 1 amide bonds. The van der Waals surface area contributed by atoms with Crippen LogP contribution >= 0.6 is 0 Å². The van der Waals surface area contributed by atoms with Gasteiger partial charge in [-0.15, -0.1) is 0 Å². The quantitative estimate of drug-likeness (QED) is 0.474. The Morgan fingerprint density at radius 2 is 1.31 bits per heavy atom. The van der Waals surface area contributed by atoms with Gasteiger partial charge in [0, 0.05) is 38.1 Å². The molecule has 0 bridgehead atoms. The average Bonchev–Trinajstić information content (AvgIpc) is 2.96. The van der Waals surface area contributed by atoms with Crippen molar-refractivity contribution >= 4 is 5.91 Å². The van der Waals surface area contributed by atoms with Crippen molar-refractivity contribution in [2.75, 3.05) is 46.3 Å². The molecule has 2 aliphatic heterocycles. The average molecular weight is 529 g/mol. The van der Waals surface area contributed by atoms with Gasteiger partial charge in [-0.1, -0.05) is 72.8 Å². The third-order valence-corrected chi connectivity index (χ3v) is 8.74. The molecule has 0 spiro atoms. The first-order valence-electron chi connectivity index (χ1n) is 14.2. The fourth-order valence-electron chi connectivity index (χ4n) is 6.63. The zero-order valence-electron chi connectivity index (χ0n) is 23.2. The summed E-state index contributed by atoms with van der Waals surface area (Å²) < 4.78 is 13.8. The summed E-state index contributed by atoms with van der Waals surface area (Å²) in [5.41, 5.74) is 9.13. The molecular formula is C33H41FN4O. The number of amides is 1. The molecule has 0 saturated carbocycles. The van der Waals surface area contributed by atoms with Gasteiger partial charge in [0.05, 0.1) is 0 Å². The first-order valence-corrected chi connectivity index (χ1v) is 14.2. The highest BCUT2D eigenvalue weighted by molar-refractivity contribution is 5.88. The smallest absolute Gasteiger partial charge is 0.243 e. The zero-order chi connectivity index (χ0) is 27.4. The molecule has 3 aromatic rings. The fourth-order valence-corrected chi connectivity index (χ4v) is 6.63. The summed E-state index contributed by atoms with van der Waals surface area (Å²) in [7, 11) is 2.18. The predicted molar refractivity (Wildman–Crippen MR) is 155 cm³/mol. The molecule has 206 valence electrons. The van der Waals surface area contributed by atoms with Crippen molar-refractivity contribution < 1.29 is 9.18 Å². The highest BCUT2D eigenvalue weighted by Gasteiger charge is 2.43. The van der Waals surface area contributed by atoms with Crippen molar-refractivity contribution in [1.29, 1.82) is 0 Å². The molecule has 0 aliphatic carbocycles. The summed E-state index contributed by atoms with van der Waals surface area (Å²) in [6.07, 6.45) is 2.24. The molecule has 0 radical (unpaired) electrons. The summed E-state index contributed by atoms with van der Waals surface area (Å²) in [6.45, 7) is 6.85. The minimum atomic E-state index is -1.10. The highest BCUT2D eigenvalue weighted by atomic mass is 19.1. The van der Waals surface area contributed by atoms with Crippen molar-refractivity contribution in [3.63, 3.8) is 0 Å². The Morgan fingerprint density at radius 1 is 0.795 bits per heavy atom. The SMILES string of the molecule is CN1CCC(C(c2ccc(F)cc2)N2CCN(C(=O)C(C)(N)C(c3ccccc3)c3ccccc3)CC2)CC1. The van der Waals surface area contributed by atoms with Gasteiger partial charge in [0.15, 0.2) is 0 Å². The second kappa shape index (κ2) is 12.0. The number of carbonyl (C=O) groups excluding carboxylic acids is 1. The van der Waals surface area contributed by atoms with Gasteiger partial charge in [-0.2, -0.15) is 0 Å². The third kappa shape index (κ3) is 6.08. The normalized spacial score (nSPS) is 20.1. The number of piperazine rings is 1. The molecule has 2 saturated heterocycles. The number of rotatable bonds is 7. The molecule has 39 heavy (non-hydrogen) atoms. The van der Waals surface area contributed by atoms with E-state index >= 15 is 0 Å². The summed E-state index contributed by atoms with van der Waals surface area (Å²) in [5.74, 6) is 0.0354. The Bertz CT molecular complexity index is 1160. The Hall–Kier alpha value is -3.06. The Labute approximate surface area is 232 Å². The minimum absolute atomic E-state index is 0.0162. The summed E-state index contributed by atoms with van der Waals surface area (Å²) in [5, 5.41) is 0. The maximum absolute atomic E-state index is 14.1. The summed E-state index contributed by atoms with van der Waals surface area (Å²) >= 11 is 0. The van der Waals surface area contributed by atoms with Gasteiger partial charge in [0.25, 0.3) is 0 Å². The summed E-state index contributed by atoms with van der Waals surface area (Å²) in [6, 6.07) is 27.5. The van der Waals surface area contributed by atoms with Gasteiger partial charge in [-0.3, -0.25) is 9.69 Å². The van der Waals surface area contributed by atoms with E-state index in [1.807, 2.05) is 60.4 Å². The van der Waals surface area contributed by atoms with Crippen LogP contribution in [0.15, 0.2) is 84.9 Å². The number of carbonyl (C=O) groups is 1. The van der Waals surface area contributed by atoms with E-state index in [9.17, 15) is 9.18 Å². The lowest BCUT2D eigenvalue weighted by Gasteiger charge is -2.46. The lowest BCUT2D eigenvalue weighted by molar-refractivity contribution is -0.139. The van der Waals surface area contributed by atoms with Crippen LogP contribution in [0.2, 0.25) is 0 Å². The third-order valence-electron chi connectivity index (χ3n) is 8.74. The van der Waals surface area contributed by atoms with E-state index in [2.05, 4.69) is 41.1 Å². The van der Waals surface area contributed by atoms with E-state index in [4.69, 9.17) is 5.73 Å². The second-order valence-electron chi connectivity index (χ2n) is 11.5. The van der Waals surface area contributed by atoms with Gasteiger partial charge in [-0.25, -0.2) is 4.39 Å². The van der Waals surface area contributed by atoms with E-state index in [-0.39, 0.29) is 23.7 Å². The second-order valence-corrected chi connectivity index (χ2v) is 11.5. The van der Waals surface area contributed by atoms with E-state index in [0.717, 1.165) is 50.1 Å². The van der Waals surface area contributed by atoms with Crippen molar-refractivity contribution in [1.82, 2.24) is 14.7 Å². The van der Waals surface area contributed by atoms with Gasteiger partial charge in [-0.05, 0) is 74.6 Å². The lowest BCUT2D eigenvalue weighted by atomic mass is 9.75.